The number of benzene rings is 2. The van der Waals surface area contributed by atoms with Gasteiger partial charge in [0.2, 0.25) is 0 Å². The summed E-state index contributed by atoms with van der Waals surface area (Å²) in [5, 5.41) is 1.13. The molecule has 1 aliphatic rings. The van der Waals surface area contributed by atoms with Crippen LogP contribution in [0.15, 0.2) is 36.5 Å². The molecule has 0 radical (unpaired) electrons. The molecular formula is C20H18ClF2NO2S. The van der Waals surface area contributed by atoms with E-state index < -0.39 is 21.5 Å². The molecule has 27 heavy (non-hydrogen) atoms. The highest BCUT2D eigenvalue weighted by Crippen LogP contribution is 2.50. The van der Waals surface area contributed by atoms with E-state index >= 15 is 0 Å². The molecule has 3 aromatic rings. The Bertz CT molecular complexity index is 1140. The number of nitrogens with one attached hydrogen (secondary N) is 1. The highest BCUT2D eigenvalue weighted by Gasteiger charge is 2.36. The van der Waals surface area contributed by atoms with E-state index in [0.29, 0.717) is 16.5 Å². The molecule has 0 aliphatic heterocycles. The first kappa shape index (κ1) is 18.4. The van der Waals surface area contributed by atoms with E-state index in [4.69, 9.17) is 11.6 Å². The molecule has 1 heterocycles. The van der Waals surface area contributed by atoms with Crippen LogP contribution >= 0.6 is 11.6 Å². The predicted octanol–water partition coefficient (Wildman–Crippen LogP) is 5.19. The van der Waals surface area contributed by atoms with Gasteiger partial charge in [-0.05, 0) is 54.2 Å². The van der Waals surface area contributed by atoms with Crippen LogP contribution in [0.2, 0.25) is 5.02 Å². The van der Waals surface area contributed by atoms with Crippen LogP contribution in [0, 0.1) is 17.6 Å². The number of hydrogen-bond acceptors (Lipinski definition) is 2. The van der Waals surface area contributed by atoms with Crippen LogP contribution in [-0.2, 0) is 15.6 Å². The number of fused-ring (bicyclic) bond motifs is 1. The second-order valence-electron chi connectivity index (χ2n) is 7.24. The molecule has 1 aliphatic carbocycles. The van der Waals surface area contributed by atoms with Crippen molar-refractivity contribution in [2.24, 2.45) is 5.92 Å². The Balaban J connectivity index is 1.88. The van der Waals surface area contributed by atoms with E-state index in [2.05, 4.69) is 4.98 Å². The van der Waals surface area contributed by atoms with Gasteiger partial charge in [-0.2, -0.15) is 0 Å². The van der Waals surface area contributed by atoms with Crippen molar-refractivity contribution < 1.29 is 17.2 Å². The maximum absolute atomic E-state index is 14.3. The number of aromatic nitrogens is 1. The SMILES string of the molecule is CS(=O)(=O)Cc1c(F)ccc2c(C(c3ccc(F)cc3Cl)C3CC3)c[nH]c12. The van der Waals surface area contributed by atoms with E-state index in [-0.39, 0.29) is 17.2 Å². The summed E-state index contributed by atoms with van der Waals surface area (Å²) in [6.07, 6.45) is 4.93. The summed E-state index contributed by atoms with van der Waals surface area (Å²) >= 11 is 6.32. The quantitative estimate of drug-likeness (QED) is 0.630. The first-order valence-corrected chi connectivity index (χ1v) is 11.1. The molecule has 0 saturated heterocycles. The summed E-state index contributed by atoms with van der Waals surface area (Å²) in [5.74, 6) is -1.00. The molecule has 4 rings (SSSR count). The van der Waals surface area contributed by atoms with Crippen molar-refractivity contribution in [2.75, 3.05) is 6.26 Å². The minimum absolute atomic E-state index is 0.0524. The van der Waals surface area contributed by atoms with Gasteiger partial charge in [0.1, 0.15) is 11.6 Å². The van der Waals surface area contributed by atoms with Crippen LogP contribution in [0.3, 0.4) is 0 Å². The maximum atomic E-state index is 14.3. The van der Waals surface area contributed by atoms with Crippen LogP contribution in [0.4, 0.5) is 8.78 Å². The molecule has 0 amide bonds. The van der Waals surface area contributed by atoms with E-state index in [9.17, 15) is 17.2 Å². The van der Waals surface area contributed by atoms with E-state index in [1.54, 1.807) is 18.3 Å². The lowest BCUT2D eigenvalue weighted by Gasteiger charge is -2.18. The van der Waals surface area contributed by atoms with E-state index in [0.717, 1.165) is 35.6 Å². The lowest BCUT2D eigenvalue weighted by molar-refractivity contribution is 0.592. The summed E-state index contributed by atoms with van der Waals surface area (Å²) in [5.41, 5.74) is 2.38. The summed E-state index contributed by atoms with van der Waals surface area (Å²) < 4.78 is 51.2. The topological polar surface area (TPSA) is 49.9 Å². The standard InChI is InChI=1S/C20H18ClF2NO2S/c1-27(25,26)10-16-18(23)7-6-13-15(9-24-20(13)16)19(11-2-3-11)14-5-4-12(22)8-17(14)21/h4-9,11,19,24H,2-3,10H2,1H3. The fourth-order valence-electron chi connectivity index (χ4n) is 3.77. The summed E-state index contributed by atoms with van der Waals surface area (Å²) in [6, 6.07) is 7.35. The third kappa shape index (κ3) is 3.60. The van der Waals surface area contributed by atoms with Gasteiger partial charge < -0.3 is 4.98 Å². The minimum atomic E-state index is -3.39. The molecule has 2 aromatic carbocycles. The Morgan fingerprint density at radius 1 is 1.19 bits per heavy atom. The van der Waals surface area contributed by atoms with Gasteiger partial charge in [-0.15, -0.1) is 0 Å². The lowest BCUT2D eigenvalue weighted by atomic mass is 9.86. The van der Waals surface area contributed by atoms with Crippen molar-refractivity contribution in [1.82, 2.24) is 4.98 Å². The maximum Gasteiger partial charge on any atom is 0.151 e. The second-order valence-corrected chi connectivity index (χ2v) is 9.79. The zero-order chi connectivity index (χ0) is 19.3. The average Bonchev–Trinajstić information content (AvgIpc) is 3.31. The number of halogens is 3. The molecule has 3 nitrogen and oxygen atoms in total. The summed E-state index contributed by atoms with van der Waals surface area (Å²) in [7, 11) is -3.39. The van der Waals surface area contributed by atoms with Crippen LogP contribution in [-0.4, -0.2) is 19.7 Å². The van der Waals surface area contributed by atoms with Crippen LogP contribution in [0.5, 0.6) is 0 Å². The van der Waals surface area contributed by atoms with Crippen LogP contribution in [0.1, 0.15) is 35.4 Å². The molecule has 1 fully saturated rings. The normalized spacial score (nSPS) is 16.0. The minimum Gasteiger partial charge on any atom is -0.361 e. The molecule has 1 unspecified atom stereocenters. The molecule has 1 aromatic heterocycles. The van der Waals surface area contributed by atoms with Gasteiger partial charge in [-0.1, -0.05) is 17.7 Å². The molecule has 7 heteroatoms. The molecular weight excluding hydrogens is 392 g/mol. The first-order chi connectivity index (χ1) is 12.7. The number of sulfone groups is 1. The summed E-state index contributed by atoms with van der Waals surface area (Å²) in [6.45, 7) is 0. The van der Waals surface area contributed by atoms with Crippen LogP contribution < -0.4 is 0 Å². The van der Waals surface area contributed by atoms with Gasteiger partial charge in [0, 0.05) is 34.3 Å². The zero-order valence-electron chi connectivity index (χ0n) is 14.6. The first-order valence-electron chi connectivity index (χ1n) is 8.65. The predicted molar refractivity (Wildman–Crippen MR) is 103 cm³/mol. The van der Waals surface area contributed by atoms with Gasteiger partial charge in [0.15, 0.2) is 9.84 Å². The largest absolute Gasteiger partial charge is 0.361 e. The van der Waals surface area contributed by atoms with Gasteiger partial charge in [0.25, 0.3) is 0 Å². The third-order valence-electron chi connectivity index (χ3n) is 5.07. The molecule has 0 spiro atoms. The Kier molecular flexibility index (Phi) is 4.51. The molecule has 1 atom stereocenters. The van der Waals surface area contributed by atoms with Gasteiger partial charge in [0.05, 0.1) is 11.3 Å². The fourth-order valence-corrected chi connectivity index (χ4v) is 4.87. The second kappa shape index (κ2) is 6.60. The Morgan fingerprint density at radius 2 is 1.93 bits per heavy atom. The van der Waals surface area contributed by atoms with Crippen molar-refractivity contribution in [1.29, 1.82) is 0 Å². The molecule has 1 N–H and O–H groups in total. The van der Waals surface area contributed by atoms with E-state index in [1.165, 1.54) is 18.2 Å². The highest BCUT2D eigenvalue weighted by atomic mass is 35.5. The van der Waals surface area contributed by atoms with Crippen molar-refractivity contribution in [2.45, 2.75) is 24.5 Å². The number of hydrogen-bond donors (Lipinski definition) is 1. The summed E-state index contributed by atoms with van der Waals surface area (Å²) in [4.78, 5) is 3.06. The number of H-pyrrole nitrogens is 1. The zero-order valence-corrected chi connectivity index (χ0v) is 16.2. The van der Waals surface area contributed by atoms with Crippen molar-refractivity contribution in [3.63, 3.8) is 0 Å². The Labute approximate surface area is 161 Å². The number of aromatic amines is 1. The van der Waals surface area contributed by atoms with E-state index in [1.807, 2.05) is 0 Å². The monoisotopic (exact) mass is 409 g/mol. The van der Waals surface area contributed by atoms with Crippen molar-refractivity contribution in [3.05, 3.63) is 69.9 Å². The van der Waals surface area contributed by atoms with Crippen molar-refractivity contribution >= 4 is 32.3 Å². The van der Waals surface area contributed by atoms with Gasteiger partial charge in [-0.25, -0.2) is 17.2 Å². The third-order valence-corrected chi connectivity index (χ3v) is 6.21. The molecule has 1 saturated carbocycles. The Hall–Kier alpha value is -1.92. The lowest BCUT2D eigenvalue weighted by Crippen LogP contribution is -2.05. The highest BCUT2D eigenvalue weighted by molar-refractivity contribution is 7.89. The van der Waals surface area contributed by atoms with Gasteiger partial charge >= 0.3 is 0 Å². The van der Waals surface area contributed by atoms with Gasteiger partial charge in [-0.3, -0.25) is 0 Å². The molecule has 0 bridgehead atoms. The average molecular weight is 410 g/mol. The fraction of sp³-hybridized carbons (Fsp3) is 0.300. The molecule has 142 valence electrons. The Morgan fingerprint density at radius 3 is 2.56 bits per heavy atom. The van der Waals surface area contributed by atoms with Crippen molar-refractivity contribution in [3.8, 4) is 0 Å². The van der Waals surface area contributed by atoms with Crippen LogP contribution in [0.25, 0.3) is 10.9 Å². The number of rotatable bonds is 5. The smallest absolute Gasteiger partial charge is 0.151 e.